The molecule has 1 heterocycles. The van der Waals surface area contributed by atoms with Gasteiger partial charge in [-0.2, -0.15) is 13.2 Å². The lowest BCUT2D eigenvalue weighted by atomic mass is 10.6. The zero-order chi connectivity index (χ0) is 15.7. The number of sulfonamides is 1. The average Bonchev–Trinajstić information content (AvgIpc) is 2.29. The fourth-order valence-electron chi connectivity index (χ4n) is 1.19. The van der Waals surface area contributed by atoms with Gasteiger partial charge in [0, 0.05) is 20.3 Å². The van der Waals surface area contributed by atoms with Gasteiger partial charge in [0.25, 0.3) is 15.6 Å². The molecule has 20 heavy (non-hydrogen) atoms. The number of aryl methyl sites for hydroxylation is 1. The van der Waals surface area contributed by atoms with E-state index in [1.165, 1.54) is 11.9 Å². The number of nitrogens with one attached hydrogen (secondary N) is 1. The van der Waals surface area contributed by atoms with Gasteiger partial charge in [-0.15, -0.1) is 0 Å². The summed E-state index contributed by atoms with van der Waals surface area (Å²) >= 11 is 0. The SMILES string of the molecule is Cn1cc(S(=O)(=O)NOCC(F)(F)F)c(=O)n(C)c1=O. The maximum atomic E-state index is 11.8. The van der Waals surface area contributed by atoms with Crippen LogP contribution in [-0.4, -0.2) is 30.3 Å². The van der Waals surface area contributed by atoms with Crippen LogP contribution in [0.5, 0.6) is 0 Å². The molecule has 0 aromatic carbocycles. The van der Waals surface area contributed by atoms with Crippen LogP contribution in [0.1, 0.15) is 0 Å². The highest BCUT2D eigenvalue weighted by Crippen LogP contribution is 2.14. The minimum atomic E-state index is -4.74. The molecule has 1 rings (SSSR count). The molecule has 0 spiro atoms. The Labute approximate surface area is 110 Å². The summed E-state index contributed by atoms with van der Waals surface area (Å²) in [6, 6.07) is 0. The second kappa shape index (κ2) is 5.38. The van der Waals surface area contributed by atoms with E-state index in [1.54, 1.807) is 0 Å². The fraction of sp³-hybridized carbons (Fsp3) is 0.500. The summed E-state index contributed by atoms with van der Waals surface area (Å²) in [5.74, 6) is 0. The molecule has 0 atom stereocenters. The van der Waals surface area contributed by atoms with Crippen molar-refractivity contribution < 1.29 is 26.4 Å². The van der Waals surface area contributed by atoms with Crippen molar-refractivity contribution in [1.82, 2.24) is 14.0 Å². The van der Waals surface area contributed by atoms with Crippen LogP contribution in [-0.2, 0) is 29.0 Å². The van der Waals surface area contributed by atoms with E-state index in [-0.39, 0.29) is 0 Å². The monoisotopic (exact) mass is 317 g/mol. The number of nitrogens with zero attached hydrogens (tertiary/aromatic N) is 2. The Hall–Kier alpha value is -1.66. The largest absolute Gasteiger partial charge is 0.413 e. The van der Waals surface area contributed by atoms with Crippen molar-refractivity contribution in [3.63, 3.8) is 0 Å². The first-order valence-corrected chi connectivity index (χ1v) is 6.41. The number of rotatable bonds is 4. The van der Waals surface area contributed by atoms with Crippen LogP contribution < -0.4 is 16.1 Å². The first-order chi connectivity index (χ1) is 8.96. The molecule has 114 valence electrons. The van der Waals surface area contributed by atoms with Gasteiger partial charge in [0.15, 0.2) is 11.5 Å². The topological polar surface area (TPSA) is 99.4 Å². The molecule has 0 radical (unpaired) electrons. The van der Waals surface area contributed by atoms with Gasteiger partial charge in [-0.3, -0.25) is 14.2 Å². The summed E-state index contributed by atoms with van der Waals surface area (Å²) in [6.45, 7) is -1.86. The minimum Gasteiger partial charge on any atom is -0.302 e. The van der Waals surface area contributed by atoms with Crippen molar-refractivity contribution in [3.05, 3.63) is 27.0 Å². The Balaban J connectivity index is 3.12. The van der Waals surface area contributed by atoms with Gasteiger partial charge < -0.3 is 4.57 Å². The standard InChI is InChI=1S/C8H10F3N3O5S/c1-13-3-5(6(15)14(2)7(13)16)20(17,18)12-19-4-8(9,10)11/h3,12H,4H2,1-2H3. The van der Waals surface area contributed by atoms with Crippen LogP contribution in [0.4, 0.5) is 13.2 Å². The van der Waals surface area contributed by atoms with Crippen LogP contribution in [0.15, 0.2) is 20.7 Å². The lowest BCUT2D eigenvalue weighted by Gasteiger charge is -2.10. The van der Waals surface area contributed by atoms with Crippen LogP contribution in [0, 0.1) is 0 Å². The molecule has 1 aromatic heterocycles. The predicted octanol–water partition coefficient (Wildman–Crippen LogP) is -1.14. The van der Waals surface area contributed by atoms with E-state index >= 15 is 0 Å². The number of halogens is 3. The number of alkyl halides is 3. The molecule has 0 saturated carbocycles. The van der Waals surface area contributed by atoms with Gasteiger partial charge in [0.05, 0.1) is 0 Å². The van der Waals surface area contributed by atoms with Crippen molar-refractivity contribution in [2.24, 2.45) is 14.1 Å². The molecule has 0 unspecified atom stereocenters. The maximum Gasteiger partial charge on any atom is 0.413 e. The third kappa shape index (κ3) is 3.68. The summed E-state index contributed by atoms with van der Waals surface area (Å²) in [7, 11) is -2.43. The molecular formula is C8H10F3N3O5S. The van der Waals surface area contributed by atoms with Crippen LogP contribution in [0.25, 0.3) is 0 Å². The van der Waals surface area contributed by atoms with Gasteiger partial charge in [-0.05, 0) is 0 Å². The van der Waals surface area contributed by atoms with Crippen molar-refractivity contribution in [2.75, 3.05) is 6.61 Å². The van der Waals surface area contributed by atoms with E-state index < -0.39 is 39.0 Å². The number of aromatic nitrogens is 2. The molecule has 12 heteroatoms. The van der Waals surface area contributed by atoms with Crippen molar-refractivity contribution in [3.8, 4) is 0 Å². The predicted molar refractivity (Wildman–Crippen MR) is 59.3 cm³/mol. The molecule has 0 aliphatic rings. The van der Waals surface area contributed by atoms with Crippen molar-refractivity contribution >= 4 is 10.0 Å². The molecule has 0 amide bonds. The highest BCUT2D eigenvalue weighted by atomic mass is 32.2. The molecular weight excluding hydrogens is 307 g/mol. The maximum absolute atomic E-state index is 11.8. The van der Waals surface area contributed by atoms with E-state index in [4.69, 9.17) is 0 Å². The normalized spacial score (nSPS) is 12.7. The Bertz CT molecular complexity index is 718. The van der Waals surface area contributed by atoms with Gasteiger partial charge in [0.2, 0.25) is 0 Å². The number of hydrogen-bond donors (Lipinski definition) is 1. The Morgan fingerprint density at radius 2 is 1.85 bits per heavy atom. The molecule has 0 aliphatic heterocycles. The molecule has 0 aliphatic carbocycles. The molecule has 0 fully saturated rings. The molecule has 1 N–H and O–H groups in total. The Morgan fingerprint density at radius 1 is 1.30 bits per heavy atom. The summed E-state index contributed by atoms with van der Waals surface area (Å²) < 4.78 is 60.0. The second-order valence-electron chi connectivity index (χ2n) is 3.74. The Morgan fingerprint density at radius 3 is 2.35 bits per heavy atom. The summed E-state index contributed by atoms with van der Waals surface area (Å²) in [5, 5.41) is 0. The number of hydrogen-bond acceptors (Lipinski definition) is 5. The lowest BCUT2D eigenvalue weighted by Crippen LogP contribution is -2.41. The van der Waals surface area contributed by atoms with Gasteiger partial charge in [0.1, 0.15) is 0 Å². The van der Waals surface area contributed by atoms with E-state index in [1.807, 2.05) is 0 Å². The lowest BCUT2D eigenvalue weighted by molar-refractivity contribution is -0.181. The molecule has 0 bridgehead atoms. The highest BCUT2D eigenvalue weighted by molar-refractivity contribution is 7.89. The first-order valence-electron chi connectivity index (χ1n) is 4.93. The van der Waals surface area contributed by atoms with Gasteiger partial charge >= 0.3 is 11.9 Å². The molecule has 8 nitrogen and oxygen atoms in total. The third-order valence-corrected chi connectivity index (χ3v) is 3.31. The fourth-order valence-corrected chi connectivity index (χ4v) is 2.16. The quantitative estimate of drug-likeness (QED) is 0.707. The first kappa shape index (κ1) is 16.4. The molecule has 1 aromatic rings. The minimum absolute atomic E-state index is 0.498. The third-order valence-electron chi connectivity index (χ3n) is 2.11. The zero-order valence-electron chi connectivity index (χ0n) is 10.3. The van der Waals surface area contributed by atoms with E-state index in [9.17, 15) is 31.2 Å². The van der Waals surface area contributed by atoms with Crippen molar-refractivity contribution in [2.45, 2.75) is 11.1 Å². The summed E-state index contributed by atoms with van der Waals surface area (Å²) in [4.78, 5) is 27.0. The van der Waals surface area contributed by atoms with Crippen molar-refractivity contribution in [1.29, 1.82) is 0 Å². The molecule has 0 saturated heterocycles. The van der Waals surface area contributed by atoms with Crippen LogP contribution >= 0.6 is 0 Å². The van der Waals surface area contributed by atoms with Gasteiger partial charge in [-0.1, -0.05) is 4.89 Å². The van der Waals surface area contributed by atoms with Crippen LogP contribution in [0.2, 0.25) is 0 Å². The second-order valence-corrected chi connectivity index (χ2v) is 5.35. The summed E-state index contributed by atoms with van der Waals surface area (Å²) in [5.41, 5.74) is -1.97. The van der Waals surface area contributed by atoms with E-state index in [2.05, 4.69) is 4.84 Å². The summed E-state index contributed by atoms with van der Waals surface area (Å²) in [6.07, 6.45) is -4.05. The zero-order valence-corrected chi connectivity index (χ0v) is 11.1. The van der Waals surface area contributed by atoms with E-state index in [0.29, 0.717) is 10.8 Å². The highest BCUT2D eigenvalue weighted by Gasteiger charge is 2.30. The Kier molecular flexibility index (Phi) is 4.41. The average molecular weight is 317 g/mol. The smallest absolute Gasteiger partial charge is 0.302 e. The van der Waals surface area contributed by atoms with Gasteiger partial charge in [-0.25, -0.2) is 13.2 Å². The van der Waals surface area contributed by atoms with Crippen LogP contribution in [0.3, 0.4) is 0 Å². The van der Waals surface area contributed by atoms with E-state index in [0.717, 1.165) is 11.6 Å².